The second-order valence-electron chi connectivity index (χ2n) is 4.91. The Morgan fingerprint density at radius 3 is 2.71 bits per heavy atom. The van der Waals surface area contributed by atoms with Crippen molar-refractivity contribution in [3.8, 4) is 0 Å². The summed E-state index contributed by atoms with van der Waals surface area (Å²) in [4.78, 5) is 0. The molecule has 2 N–H and O–H groups in total. The Labute approximate surface area is 102 Å². The molecule has 1 aliphatic carbocycles. The van der Waals surface area contributed by atoms with Gasteiger partial charge >= 0.3 is 0 Å². The van der Waals surface area contributed by atoms with Gasteiger partial charge in [-0.3, -0.25) is 4.68 Å². The van der Waals surface area contributed by atoms with Gasteiger partial charge in [0.1, 0.15) is 6.10 Å². The van der Waals surface area contributed by atoms with Gasteiger partial charge in [-0.15, -0.1) is 0 Å². The highest BCUT2D eigenvalue weighted by Gasteiger charge is 2.30. The summed E-state index contributed by atoms with van der Waals surface area (Å²) in [6.07, 6.45) is 5.86. The minimum Gasteiger partial charge on any atom is -0.390 e. The van der Waals surface area contributed by atoms with Gasteiger partial charge < -0.3 is 10.2 Å². The lowest BCUT2D eigenvalue weighted by atomic mass is 9.83. The number of aryl methyl sites for hydroxylation is 1. The standard InChI is InChI=1S/C13H22N2O2/c1-2-15-11(8-9-14-15)13(17)12(16)10-6-4-3-5-7-10/h8-10,12-13,16-17H,2-7H2,1H3. The number of aromatic nitrogens is 2. The molecule has 2 atom stereocenters. The van der Waals surface area contributed by atoms with Gasteiger partial charge in [0.25, 0.3) is 0 Å². The van der Waals surface area contributed by atoms with Crippen LogP contribution in [0.4, 0.5) is 0 Å². The molecule has 0 aromatic carbocycles. The maximum Gasteiger partial charge on any atom is 0.122 e. The molecule has 1 saturated carbocycles. The van der Waals surface area contributed by atoms with Gasteiger partial charge in [-0.2, -0.15) is 5.10 Å². The van der Waals surface area contributed by atoms with Crippen LogP contribution in [0.2, 0.25) is 0 Å². The predicted molar refractivity (Wildman–Crippen MR) is 65.4 cm³/mol. The number of nitrogens with zero attached hydrogens (tertiary/aromatic N) is 2. The van der Waals surface area contributed by atoms with E-state index in [-0.39, 0.29) is 5.92 Å². The van der Waals surface area contributed by atoms with Crippen molar-refractivity contribution in [3.05, 3.63) is 18.0 Å². The zero-order chi connectivity index (χ0) is 12.3. The lowest BCUT2D eigenvalue weighted by Crippen LogP contribution is -2.30. The monoisotopic (exact) mass is 238 g/mol. The lowest BCUT2D eigenvalue weighted by molar-refractivity contribution is -0.0325. The molecule has 1 heterocycles. The SMILES string of the molecule is CCn1nccc1C(O)C(O)C1CCCCC1. The summed E-state index contributed by atoms with van der Waals surface area (Å²) in [5.74, 6) is 0.235. The van der Waals surface area contributed by atoms with Crippen LogP contribution < -0.4 is 0 Å². The Balaban J connectivity index is 2.05. The number of hydrogen-bond donors (Lipinski definition) is 2. The summed E-state index contributed by atoms with van der Waals surface area (Å²) in [6.45, 7) is 2.70. The van der Waals surface area contributed by atoms with E-state index in [9.17, 15) is 10.2 Å². The number of rotatable bonds is 4. The van der Waals surface area contributed by atoms with Gasteiger partial charge in [-0.05, 0) is 31.7 Å². The van der Waals surface area contributed by atoms with Crippen molar-refractivity contribution in [2.24, 2.45) is 5.92 Å². The molecule has 17 heavy (non-hydrogen) atoms. The Hall–Kier alpha value is -0.870. The Kier molecular flexibility index (Phi) is 4.18. The van der Waals surface area contributed by atoms with E-state index in [1.807, 2.05) is 6.92 Å². The number of aliphatic hydroxyl groups excluding tert-OH is 2. The second-order valence-corrected chi connectivity index (χ2v) is 4.91. The van der Waals surface area contributed by atoms with Crippen LogP contribution in [-0.4, -0.2) is 26.1 Å². The van der Waals surface area contributed by atoms with E-state index < -0.39 is 12.2 Å². The topological polar surface area (TPSA) is 58.3 Å². The van der Waals surface area contributed by atoms with Gasteiger partial charge in [0, 0.05) is 12.7 Å². The Morgan fingerprint density at radius 1 is 1.35 bits per heavy atom. The molecule has 0 amide bonds. The zero-order valence-corrected chi connectivity index (χ0v) is 10.4. The smallest absolute Gasteiger partial charge is 0.122 e. The minimum absolute atomic E-state index is 0.235. The fraction of sp³-hybridized carbons (Fsp3) is 0.769. The van der Waals surface area contributed by atoms with Gasteiger partial charge in [-0.1, -0.05) is 19.3 Å². The van der Waals surface area contributed by atoms with Crippen molar-refractivity contribution < 1.29 is 10.2 Å². The van der Waals surface area contributed by atoms with Crippen molar-refractivity contribution in [2.45, 2.75) is 57.8 Å². The molecule has 4 heteroatoms. The quantitative estimate of drug-likeness (QED) is 0.842. The molecule has 0 bridgehead atoms. The van der Waals surface area contributed by atoms with Crippen molar-refractivity contribution in [2.75, 3.05) is 0 Å². The third kappa shape index (κ3) is 2.69. The van der Waals surface area contributed by atoms with E-state index in [2.05, 4.69) is 5.10 Å². The second kappa shape index (κ2) is 5.65. The first-order valence-electron chi connectivity index (χ1n) is 6.62. The van der Waals surface area contributed by atoms with Crippen LogP contribution in [0.25, 0.3) is 0 Å². The highest BCUT2D eigenvalue weighted by molar-refractivity contribution is 5.07. The van der Waals surface area contributed by atoms with Gasteiger partial charge in [-0.25, -0.2) is 0 Å². The average molecular weight is 238 g/mol. The van der Waals surface area contributed by atoms with Crippen molar-refractivity contribution in [3.63, 3.8) is 0 Å². The van der Waals surface area contributed by atoms with Gasteiger partial charge in [0.2, 0.25) is 0 Å². The third-order valence-electron chi connectivity index (χ3n) is 3.81. The third-order valence-corrected chi connectivity index (χ3v) is 3.81. The predicted octanol–water partition coefficient (Wildman–Crippen LogP) is 1.88. The lowest BCUT2D eigenvalue weighted by Gasteiger charge is -2.29. The summed E-state index contributed by atoms with van der Waals surface area (Å²) in [6, 6.07) is 1.79. The molecule has 2 unspecified atom stereocenters. The molecule has 0 aliphatic heterocycles. The van der Waals surface area contributed by atoms with Crippen LogP contribution in [0.15, 0.2) is 12.3 Å². The maximum atomic E-state index is 10.2. The summed E-state index contributed by atoms with van der Waals surface area (Å²) in [5.41, 5.74) is 0.727. The minimum atomic E-state index is -0.805. The Bertz CT molecular complexity index is 345. The molecular weight excluding hydrogens is 216 g/mol. The molecule has 4 nitrogen and oxygen atoms in total. The molecule has 2 rings (SSSR count). The molecule has 1 aromatic heterocycles. The van der Waals surface area contributed by atoms with Crippen molar-refractivity contribution in [1.29, 1.82) is 0 Å². The van der Waals surface area contributed by atoms with E-state index in [4.69, 9.17) is 0 Å². The van der Waals surface area contributed by atoms with E-state index in [1.165, 1.54) is 19.3 Å². The van der Waals surface area contributed by atoms with Gasteiger partial charge in [0.15, 0.2) is 0 Å². The summed E-state index contributed by atoms with van der Waals surface area (Å²) in [5, 5.41) is 24.6. The molecule has 96 valence electrons. The molecule has 0 saturated heterocycles. The summed E-state index contributed by atoms with van der Waals surface area (Å²) < 4.78 is 1.75. The first kappa shape index (κ1) is 12.6. The van der Waals surface area contributed by atoms with Crippen LogP contribution in [0, 0.1) is 5.92 Å². The first-order valence-corrected chi connectivity index (χ1v) is 6.62. The van der Waals surface area contributed by atoms with E-state index >= 15 is 0 Å². The van der Waals surface area contributed by atoms with Crippen LogP contribution >= 0.6 is 0 Å². The Morgan fingerprint density at radius 2 is 2.06 bits per heavy atom. The van der Waals surface area contributed by atoms with E-state index in [0.29, 0.717) is 0 Å². The largest absolute Gasteiger partial charge is 0.390 e. The number of aliphatic hydroxyl groups is 2. The first-order chi connectivity index (χ1) is 8.24. The molecule has 0 spiro atoms. The number of hydrogen-bond acceptors (Lipinski definition) is 3. The summed E-state index contributed by atoms with van der Waals surface area (Å²) >= 11 is 0. The van der Waals surface area contributed by atoms with Crippen LogP contribution in [-0.2, 0) is 6.54 Å². The molecule has 0 radical (unpaired) electrons. The molecular formula is C13H22N2O2. The molecule has 1 fully saturated rings. The van der Waals surface area contributed by atoms with Crippen molar-refractivity contribution >= 4 is 0 Å². The fourth-order valence-corrected chi connectivity index (χ4v) is 2.77. The van der Waals surface area contributed by atoms with E-state index in [1.54, 1.807) is 16.9 Å². The van der Waals surface area contributed by atoms with Crippen LogP contribution in [0.3, 0.4) is 0 Å². The van der Waals surface area contributed by atoms with Crippen LogP contribution in [0.5, 0.6) is 0 Å². The van der Waals surface area contributed by atoms with Crippen molar-refractivity contribution in [1.82, 2.24) is 9.78 Å². The highest BCUT2D eigenvalue weighted by Crippen LogP contribution is 2.32. The average Bonchev–Trinajstić information content (AvgIpc) is 2.86. The van der Waals surface area contributed by atoms with E-state index in [0.717, 1.165) is 25.1 Å². The zero-order valence-electron chi connectivity index (χ0n) is 10.4. The van der Waals surface area contributed by atoms with Crippen LogP contribution in [0.1, 0.15) is 50.8 Å². The maximum absolute atomic E-state index is 10.2. The molecule has 1 aromatic rings. The van der Waals surface area contributed by atoms with Gasteiger partial charge in [0.05, 0.1) is 11.8 Å². The normalized spacial score (nSPS) is 21.4. The molecule has 1 aliphatic rings. The highest BCUT2D eigenvalue weighted by atomic mass is 16.3. The summed E-state index contributed by atoms with van der Waals surface area (Å²) in [7, 11) is 0. The fourth-order valence-electron chi connectivity index (χ4n) is 2.77.